The summed E-state index contributed by atoms with van der Waals surface area (Å²) in [6, 6.07) is 7.88. The second-order valence-corrected chi connectivity index (χ2v) is 4.07. The average Bonchev–Trinajstić information content (AvgIpc) is 2.48. The minimum absolute atomic E-state index is 0.497. The van der Waals surface area contributed by atoms with Gasteiger partial charge in [-0.15, -0.1) is 0 Å². The number of rotatable bonds is 2. The molecule has 1 aliphatic heterocycles. The number of nitrogens with zero attached hydrogens (tertiary/aromatic N) is 2. The molecule has 0 N–H and O–H groups in total. The van der Waals surface area contributed by atoms with Crippen LogP contribution in [0.1, 0.15) is 0 Å². The predicted octanol–water partition coefficient (Wildman–Crippen LogP) is 1.77. The molecule has 1 heterocycles. The van der Waals surface area contributed by atoms with Crippen LogP contribution in [0.2, 0.25) is 0 Å². The molecule has 1 aromatic carbocycles. The summed E-state index contributed by atoms with van der Waals surface area (Å²) in [6.45, 7) is 8.16. The van der Waals surface area contributed by atoms with E-state index in [1.807, 2.05) is 30.3 Å². The van der Waals surface area contributed by atoms with Gasteiger partial charge >= 0.3 is 0 Å². The predicted molar refractivity (Wildman–Crippen MR) is 78.4 cm³/mol. The fourth-order valence-electron chi connectivity index (χ4n) is 1.84. The SMILES string of the molecule is C=C/C1=C(\C=N/C)C/N=c2/cccc/c2=C/C(=C)O1. The molecular formula is C16H16N2O. The Morgan fingerprint density at radius 1 is 1.37 bits per heavy atom. The van der Waals surface area contributed by atoms with E-state index in [4.69, 9.17) is 4.74 Å². The highest BCUT2D eigenvalue weighted by atomic mass is 16.5. The van der Waals surface area contributed by atoms with E-state index in [0.717, 1.165) is 16.1 Å². The van der Waals surface area contributed by atoms with E-state index < -0.39 is 0 Å². The lowest BCUT2D eigenvalue weighted by molar-refractivity contribution is 0.342. The van der Waals surface area contributed by atoms with Gasteiger partial charge in [0, 0.05) is 24.1 Å². The Balaban J connectivity index is 2.62. The maximum atomic E-state index is 5.70. The molecule has 3 heteroatoms. The Hall–Kier alpha value is -2.42. The molecule has 0 fully saturated rings. The standard InChI is InChI=1S/C16H16N2O/c1-4-16-14(10-17-3)11-18-15-8-6-5-7-13(15)9-12(2)19-16/h4-10H,1-2,11H2,3H3/b13-9-,16-14-,17-10-,18-15-. The summed E-state index contributed by atoms with van der Waals surface area (Å²) in [6.07, 6.45) is 5.26. The minimum atomic E-state index is 0.497. The van der Waals surface area contributed by atoms with Crippen molar-refractivity contribution >= 4 is 12.3 Å². The second-order valence-electron chi connectivity index (χ2n) is 4.07. The molecule has 0 radical (unpaired) electrons. The minimum Gasteiger partial charge on any atom is -0.458 e. The van der Waals surface area contributed by atoms with Gasteiger partial charge in [0.25, 0.3) is 0 Å². The van der Waals surface area contributed by atoms with Crippen LogP contribution in [0.5, 0.6) is 0 Å². The molecule has 0 saturated carbocycles. The van der Waals surface area contributed by atoms with Crippen LogP contribution in [0.15, 0.2) is 70.6 Å². The first-order valence-corrected chi connectivity index (χ1v) is 6.00. The van der Waals surface area contributed by atoms with Crippen molar-refractivity contribution in [2.45, 2.75) is 0 Å². The maximum Gasteiger partial charge on any atom is 0.133 e. The van der Waals surface area contributed by atoms with Gasteiger partial charge in [0.1, 0.15) is 11.5 Å². The zero-order valence-electron chi connectivity index (χ0n) is 11.0. The fraction of sp³-hybridized carbons (Fsp3) is 0.125. The number of fused-ring (bicyclic) bond motifs is 1. The lowest BCUT2D eigenvalue weighted by Gasteiger charge is -2.08. The normalized spacial score (nSPS) is 22.9. The maximum absolute atomic E-state index is 5.70. The third-order valence-corrected chi connectivity index (χ3v) is 2.70. The molecule has 0 amide bonds. The third-order valence-electron chi connectivity index (χ3n) is 2.70. The molecule has 2 rings (SSSR count). The molecule has 0 saturated heterocycles. The van der Waals surface area contributed by atoms with Crippen molar-refractivity contribution in [3.63, 3.8) is 0 Å². The molecule has 0 unspecified atom stereocenters. The number of benzene rings is 1. The fourth-order valence-corrected chi connectivity index (χ4v) is 1.84. The Morgan fingerprint density at radius 3 is 2.89 bits per heavy atom. The molecule has 3 nitrogen and oxygen atoms in total. The Kier molecular flexibility index (Phi) is 4.08. The van der Waals surface area contributed by atoms with E-state index in [0.29, 0.717) is 18.1 Å². The van der Waals surface area contributed by atoms with E-state index >= 15 is 0 Å². The first-order valence-electron chi connectivity index (χ1n) is 6.00. The molecule has 1 aromatic rings. The number of hydrogen-bond donors (Lipinski definition) is 0. The second kappa shape index (κ2) is 5.96. The molecular weight excluding hydrogens is 236 g/mol. The van der Waals surface area contributed by atoms with Gasteiger partial charge in [-0.3, -0.25) is 9.98 Å². The summed E-state index contributed by atoms with van der Waals surface area (Å²) in [4.78, 5) is 8.62. The van der Waals surface area contributed by atoms with Crippen LogP contribution >= 0.6 is 0 Å². The van der Waals surface area contributed by atoms with Crippen molar-refractivity contribution in [2.24, 2.45) is 9.98 Å². The van der Waals surface area contributed by atoms with Crippen molar-refractivity contribution in [1.29, 1.82) is 0 Å². The van der Waals surface area contributed by atoms with E-state index in [1.165, 1.54) is 0 Å². The lowest BCUT2D eigenvalue weighted by atomic mass is 10.2. The number of ether oxygens (including phenoxy) is 1. The van der Waals surface area contributed by atoms with Crippen LogP contribution in [-0.4, -0.2) is 19.8 Å². The Morgan fingerprint density at radius 2 is 2.16 bits per heavy atom. The van der Waals surface area contributed by atoms with Gasteiger partial charge < -0.3 is 4.74 Å². The summed E-state index contributed by atoms with van der Waals surface area (Å²) in [5, 5.41) is 1.91. The third kappa shape index (κ3) is 3.07. The Labute approximate surface area is 112 Å². The smallest absolute Gasteiger partial charge is 0.133 e. The van der Waals surface area contributed by atoms with E-state index in [2.05, 4.69) is 23.1 Å². The lowest BCUT2D eigenvalue weighted by Crippen LogP contribution is -2.24. The number of hydrogen-bond acceptors (Lipinski definition) is 3. The summed E-state index contributed by atoms with van der Waals surface area (Å²) in [5.41, 5.74) is 0.878. The highest BCUT2D eigenvalue weighted by Gasteiger charge is 2.06. The van der Waals surface area contributed by atoms with Gasteiger partial charge in [-0.1, -0.05) is 31.4 Å². The van der Waals surface area contributed by atoms with Crippen LogP contribution < -0.4 is 10.6 Å². The highest BCUT2D eigenvalue weighted by Crippen LogP contribution is 2.12. The van der Waals surface area contributed by atoms with Gasteiger partial charge in [0.2, 0.25) is 0 Å². The molecule has 0 spiro atoms. The van der Waals surface area contributed by atoms with Gasteiger partial charge in [0.05, 0.1) is 11.9 Å². The van der Waals surface area contributed by atoms with Crippen molar-refractivity contribution in [3.05, 3.63) is 71.2 Å². The Bertz CT molecular complexity index is 681. The van der Waals surface area contributed by atoms with Crippen molar-refractivity contribution < 1.29 is 4.74 Å². The molecule has 0 atom stereocenters. The number of para-hydroxylation sites is 1. The molecule has 19 heavy (non-hydrogen) atoms. The van der Waals surface area contributed by atoms with Gasteiger partial charge in [-0.25, -0.2) is 0 Å². The summed E-state index contributed by atoms with van der Waals surface area (Å²) >= 11 is 0. The van der Waals surface area contributed by atoms with E-state index in [-0.39, 0.29) is 0 Å². The molecule has 0 aromatic heterocycles. The monoisotopic (exact) mass is 252 g/mol. The summed E-state index contributed by atoms with van der Waals surface area (Å²) in [5.74, 6) is 1.20. The van der Waals surface area contributed by atoms with Crippen LogP contribution in [0.3, 0.4) is 0 Å². The average molecular weight is 252 g/mol. The molecule has 96 valence electrons. The van der Waals surface area contributed by atoms with Crippen LogP contribution in [-0.2, 0) is 4.74 Å². The van der Waals surface area contributed by atoms with E-state index in [9.17, 15) is 0 Å². The zero-order chi connectivity index (χ0) is 13.7. The van der Waals surface area contributed by atoms with Crippen LogP contribution in [0.25, 0.3) is 6.08 Å². The largest absolute Gasteiger partial charge is 0.458 e. The van der Waals surface area contributed by atoms with Gasteiger partial charge in [-0.05, 0) is 18.2 Å². The first kappa shape index (κ1) is 13.0. The van der Waals surface area contributed by atoms with E-state index in [1.54, 1.807) is 19.3 Å². The number of allylic oxidation sites excluding steroid dienone is 2. The summed E-state index contributed by atoms with van der Waals surface area (Å²) in [7, 11) is 1.72. The van der Waals surface area contributed by atoms with Crippen molar-refractivity contribution in [2.75, 3.05) is 13.6 Å². The molecule has 0 aliphatic carbocycles. The van der Waals surface area contributed by atoms with Crippen LogP contribution in [0.4, 0.5) is 0 Å². The summed E-state index contributed by atoms with van der Waals surface area (Å²) < 4.78 is 5.70. The zero-order valence-corrected chi connectivity index (χ0v) is 11.0. The van der Waals surface area contributed by atoms with Crippen molar-refractivity contribution in [1.82, 2.24) is 0 Å². The van der Waals surface area contributed by atoms with Crippen LogP contribution in [0, 0.1) is 0 Å². The van der Waals surface area contributed by atoms with Gasteiger partial charge in [0.15, 0.2) is 0 Å². The quantitative estimate of drug-likeness (QED) is 0.739. The van der Waals surface area contributed by atoms with Gasteiger partial charge in [-0.2, -0.15) is 0 Å². The number of aliphatic imine (C=N–C) groups is 1. The first-order chi connectivity index (χ1) is 9.24. The van der Waals surface area contributed by atoms with Crippen molar-refractivity contribution in [3.8, 4) is 0 Å². The molecule has 0 bridgehead atoms. The topological polar surface area (TPSA) is 34.0 Å². The highest BCUT2D eigenvalue weighted by molar-refractivity contribution is 5.80. The molecule has 1 aliphatic rings.